The Labute approximate surface area is 54.5 Å². The van der Waals surface area contributed by atoms with Crippen molar-refractivity contribution in [2.45, 2.75) is 6.54 Å². The van der Waals surface area contributed by atoms with Gasteiger partial charge in [0, 0.05) is 31.5 Å². The smallest absolute Gasteiger partial charge is 0.0386 e. The minimum absolute atomic E-state index is 1.10. The lowest BCUT2D eigenvalue weighted by molar-refractivity contribution is 0.548. The molecular formula is C7H10N2. The van der Waals surface area contributed by atoms with E-state index in [4.69, 9.17) is 0 Å². The maximum atomic E-state index is 3.17. The molecular weight excluding hydrogens is 112 g/mol. The maximum absolute atomic E-state index is 3.17. The van der Waals surface area contributed by atoms with Crippen LogP contribution >= 0.6 is 0 Å². The third-order valence-electron chi connectivity index (χ3n) is 1.60. The minimum atomic E-state index is 1.10. The van der Waals surface area contributed by atoms with Gasteiger partial charge in [-0.15, -0.1) is 0 Å². The first kappa shape index (κ1) is 5.06. The number of hydrogen-bond donors (Lipinski definition) is 1. The summed E-state index contributed by atoms with van der Waals surface area (Å²) in [6, 6.07) is 4.16. The van der Waals surface area contributed by atoms with Crippen molar-refractivity contribution in [3.05, 3.63) is 24.0 Å². The summed E-state index contributed by atoms with van der Waals surface area (Å²) in [7, 11) is 0. The predicted octanol–water partition coefficient (Wildman–Crippen LogP) is 0.830. The maximum Gasteiger partial charge on any atom is 0.0386 e. The fraction of sp³-hybridized carbons (Fsp3) is 0.429. The molecule has 0 unspecified atom stereocenters. The average molecular weight is 122 g/mol. The van der Waals surface area contributed by atoms with Crippen LogP contribution in [0.1, 0.15) is 5.69 Å². The van der Waals surface area contributed by atoms with Gasteiger partial charge in [-0.3, -0.25) is 4.90 Å². The summed E-state index contributed by atoms with van der Waals surface area (Å²) in [6.07, 6.45) is 1.97. The van der Waals surface area contributed by atoms with Gasteiger partial charge in [0.2, 0.25) is 0 Å². The fourth-order valence-electron chi connectivity index (χ4n) is 0.936. The predicted molar refractivity (Wildman–Crippen MR) is 36.1 cm³/mol. The Morgan fingerprint density at radius 3 is 3.00 bits per heavy atom. The highest BCUT2D eigenvalue weighted by molar-refractivity contribution is 5.04. The van der Waals surface area contributed by atoms with Crippen LogP contribution in [0.25, 0.3) is 0 Å². The highest BCUT2D eigenvalue weighted by Crippen LogP contribution is 2.08. The Kier molecular flexibility index (Phi) is 1.06. The van der Waals surface area contributed by atoms with E-state index in [-0.39, 0.29) is 0 Å². The van der Waals surface area contributed by atoms with Crippen LogP contribution in [0, 0.1) is 0 Å². The van der Waals surface area contributed by atoms with Crippen LogP contribution in [-0.2, 0) is 6.54 Å². The molecule has 0 spiro atoms. The van der Waals surface area contributed by atoms with E-state index in [0.29, 0.717) is 0 Å². The molecule has 0 amide bonds. The van der Waals surface area contributed by atoms with Crippen molar-refractivity contribution in [3.63, 3.8) is 0 Å². The molecule has 1 N–H and O–H groups in total. The van der Waals surface area contributed by atoms with Crippen LogP contribution in [0.2, 0.25) is 0 Å². The lowest BCUT2D eigenvalue weighted by Gasteiger charge is -1.94. The monoisotopic (exact) mass is 122 g/mol. The molecule has 2 heteroatoms. The zero-order valence-corrected chi connectivity index (χ0v) is 5.30. The van der Waals surface area contributed by atoms with Gasteiger partial charge in [-0.05, 0) is 12.1 Å². The van der Waals surface area contributed by atoms with Crippen LogP contribution in [0.5, 0.6) is 0 Å². The molecule has 1 aliphatic rings. The number of H-pyrrole nitrogens is 1. The molecule has 0 radical (unpaired) electrons. The second kappa shape index (κ2) is 1.88. The quantitative estimate of drug-likeness (QED) is 0.575. The summed E-state index contributed by atoms with van der Waals surface area (Å²) < 4.78 is 0. The molecule has 48 valence electrons. The second-order valence-electron chi connectivity index (χ2n) is 2.47. The molecule has 0 bridgehead atoms. The number of nitrogens with zero attached hydrogens (tertiary/aromatic N) is 1. The first-order valence-electron chi connectivity index (χ1n) is 3.30. The molecule has 1 aromatic rings. The van der Waals surface area contributed by atoms with Gasteiger partial charge in [0.1, 0.15) is 0 Å². The third kappa shape index (κ3) is 1.13. The summed E-state index contributed by atoms with van der Waals surface area (Å²) in [5.41, 5.74) is 1.33. The van der Waals surface area contributed by atoms with Crippen molar-refractivity contribution in [2.75, 3.05) is 13.1 Å². The van der Waals surface area contributed by atoms with Crippen molar-refractivity contribution in [3.8, 4) is 0 Å². The van der Waals surface area contributed by atoms with E-state index >= 15 is 0 Å². The summed E-state index contributed by atoms with van der Waals surface area (Å²) in [5, 5.41) is 0. The van der Waals surface area contributed by atoms with Crippen LogP contribution in [0.15, 0.2) is 18.3 Å². The van der Waals surface area contributed by atoms with E-state index in [0.717, 1.165) is 6.54 Å². The molecule has 0 aliphatic carbocycles. The lowest BCUT2D eigenvalue weighted by atomic mass is 10.4. The molecule has 0 saturated carbocycles. The van der Waals surface area contributed by atoms with Crippen LogP contribution in [0.4, 0.5) is 0 Å². The molecule has 2 heterocycles. The van der Waals surface area contributed by atoms with E-state index in [1.807, 2.05) is 12.3 Å². The Morgan fingerprint density at radius 2 is 2.44 bits per heavy atom. The summed E-state index contributed by atoms with van der Waals surface area (Å²) in [6.45, 7) is 3.66. The number of aromatic amines is 1. The minimum Gasteiger partial charge on any atom is -0.364 e. The van der Waals surface area contributed by atoms with Gasteiger partial charge in [-0.25, -0.2) is 0 Å². The Hall–Kier alpha value is -0.760. The topological polar surface area (TPSA) is 18.8 Å². The van der Waals surface area contributed by atoms with E-state index < -0.39 is 0 Å². The molecule has 2 rings (SSSR count). The number of rotatable bonds is 2. The first-order valence-corrected chi connectivity index (χ1v) is 3.30. The SMILES string of the molecule is c1c[nH]c(CN2CC2)c1. The lowest BCUT2D eigenvalue weighted by Crippen LogP contribution is -1.95. The molecule has 2 nitrogen and oxygen atoms in total. The molecule has 1 aromatic heterocycles. The van der Waals surface area contributed by atoms with Gasteiger partial charge in [0.15, 0.2) is 0 Å². The van der Waals surface area contributed by atoms with Gasteiger partial charge >= 0.3 is 0 Å². The van der Waals surface area contributed by atoms with Gasteiger partial charge in [-0.2, -0.15) is 0 Å². The zero-order chi connectivity index (χ0) is 6.10. The zero-order valence-electron chi connectivity index (χ0n) is 5.30. The largest absolute Gasteiger partial charge is 0.364 e. The van der Waals surface area contributed by atoms with Gasteiger partial charge < -0.3 is 4.98 Å². The highest BCUT2D eigenvalue weighted by Gasteiger charge is 2.16. The molecule has 9 heavy (non-hydrogen) atoms. The molecule has 1 aliphatic heterocycles. The second-order valence-corrected chi connectivity index (χ2v) is 2.47. The van der Waals surface area contributed by atoms with Gasteiger partial charge in [-0.1, -0.05) is 0 Å². The first-order chi connectivity index (χ1) is 4.45. The third-order valence-corrected chi connectivity index (χ3v) is 1.60. The number of aromatic nitrogens is 1. The van der Waals surface area contributed by atoms with E-state index in [1.54, 1.807) is 0 Å². The van der Waals surface area contributed by atoms with Crippen molar-refractivity contribution in [1.82, 2.24) is 9.88 Å². The summed E-state index contributed by atoms with van der Waals surface area (Å²) in [4.78, 5) is 5.55. The molecule has 0 aromatic carbocycles. The van der Waals surface area contributed by atoms with E-state index in [1.165, 1.54) is 18.8 Å². The summed E-state index contributed by atoms with van der Waals surface area (Å²) >= 11 is 0. The van der Waals surface area contributed by atoms with Gasteiger partial charge in [0.05, 0.1) is 0 Å². The average Bonchev–Trinajstić information content (AvgIpc) is 2.46. The normalized spacial score (nSPS) is 18.2. The Morgan fingerprint density at radius 1 is 1.56 bits per heavy atom. The summed E-state index contributed by atoms with van der Waals surface area (Å²) in [5.74, 6) is 0. The van der Waals surface area contributed by atoms with E-state index in [9.17, 15) is 0 Å². The molecule has 0 atom stereocenters. The standard InChI is InChI=1S/C7H10N2/c1-2-7(8-3-1)6-9-4-5-9/h1-3,8H,4-6H2. The number of hydrogen-bond acceptors (Lipinski definition) is 1. The van der Waals surface area contributed by atoms with Crippen LogP contribution in [-0.4, -0.2) is 23.0 Å². The van der Waals surface area contributed by atoms with E-state index in [2.05, 4.69) is 16.0 Å². The van der Waals surface area contributed by atoms with Crippen LogP contribution in [0.3, 0.4) is 0 Å². The molecule has 1 fully saturated rings. The molecule has 1 saturated heterocycles. The van der Waals surface area contributed by atoms with Crippen molar-refractivity contribution in [1.29, 1.82) is 0 Å². The van der Waals surface area contributed by atoms with Crippen molar-refractivity contribution < 1.29 is 0 Å². The number of nitrogens with one attached hydrogen (secondary N) is 1. The Balaban J connectivity index is 1.99. The highest BCUT2D eigenvalue weighted by atomic mass is 15.3. The van der Waals surface area contributed by atoms with Crippen molar-refractivity contribution in [2.24, 2.45) is 0 Å². The van der Waals surface area contributed by atoms with Gasteiger partial charge in [0.25, 0.3) is 0 Å². The fourth-order valence-corrected chi connectivity index (χ4v) is 0.936. The van der Waals surface area contributed by atoms with Crippen LogP contribution < -0.4 is 0 Å². The Bertz CT molecular complexity index is 175. The van der Waals surface area contributed by atoms with Crippen molar-refractivity contribution >= 4 is 0 Å².